The van der Waals surface area contributed by atoms with E-state index in [0.29, 0.717) is 0 Å². The summed E-state index contributed by atoms with van der Waals surface area (Å²) < 4.78 is 0. The molecule has 2 nitrogen and oxygen atoms in total. The Morgan fingerprint density at radius 2 is 2.06 bits per heavy atom. The van der Waals surface area contributed by atoms with Crippen molar-refractivity contribution in [2.75, 3.05) is 5.32 Å². The van der Waals surface area contributed by atoms with Gasteiger partial charge in [-0.15, -0.1) is 11.3 Å². The van der Waals surface area contributed by atoms with E-state index in [0.717, 1.165) is 17.9 Å². The van der Waals surface area contributed by atoms with Gasteiger partial charge in [-0.25, -0.2) is 4.98 Å². The van der Waals surface area contributed by atoms with Crippen LogP contribution in [0, 0.1) is 6.92 Å². The average molecular weight is 260 g/mol. The number of nitrogens with zero attached hydrogens (tertiary/aromatic N) is 1. The van der Waals surface area contributed by atoms with Gasteiger partial charge in [-0.2, -0.15) is 0 Å². The molecule has 0 aliphatic carbocycles. The van der Waals surface area contributed by atoms with Crippen LogP contribution in [0.2, 0.25) is 0 Å². The molecule has 0 unspecified atom stereocenters. The second-order valence-electron chi connectivity index (χ2n) is 5.62. The number of anilines is 1. The van der Waals surface area contributed by atoms with Crippen LogP contribution in [0.5, 0.6) is 0 Å². The van der Waals surface area contributed by atoms with Crippen molar-refractivity contribution in [3.63, 3.8) is 0 Å². The molecule has 0 fully saturated rings. The molecule has 0 saturated heterocycles. The minimum absolute atomic E-state index is 0.145. The SMILES string of the molecule is Cc1cccc(NCc2csc(C(C)(C)C)n2)c1. The quantitative estimate of drug-likeness (QED) is 0.887. The highest BCUT2D eigenvalue weighted by molar-refractivity contribution is 7.09. The molecule has 1 aromatic heterocycles. The van der Waals surface area contributed by atoms with Crippen LogP contribution < -0.4 is 5.32 Å². The van der Waals surface area contributed by atoms with Gasteiger partial charge in [-0.3, -0.25) is 0 Å². The lowest BCUT2D eigenvalue weighted by atomic mass is 9.98. The van der Waals surface area contributed by atoms with E-state index >= 15 is 0 Å². The predicted molar refractivity (Wildman–Crippen MR) is 79.3 cm³/mol. The normalized spacial score (nSPS) is 11.6. The second-order valence-corrected chi connectivity index (χ2v) is 6.48. The fourth-order valence-electron chi connectivity index (χ4n) is 1.68. The standard InChI is InChI=1S/C15H20N2S/c1-11-6-5-7-12(8-11)16-9-13-10-18-14(17-13)15(2,3)4/h5-8,10,16H,9H2,1-4H3. The first-order valence-corrected chi connectivity index (χ1v) is 7.08. The summed E-state index contributed by atoms with van der Waals surface area (Å²) >= 11 is 1.74. The Labute approximate surface area is 113 Å². The lowest BCUT2D eigenvalue weighted by molar-refractivity contribution is 0.583. The Kier molecular flexibility index (Phi) is 3.71. The summed E-state index contributed by atoms with van der Waals surface area (Å²) in [5.41, 5.74) is 3.69. The van der Waals surface area contributed by atoms with Gasteiger partial charge < -0.3 is 5.32 Å². The number of nitrogens with one attached hydrogen (secondary N) is 1. The highest BCUT2D eigenvalue weighted by Gasteiger charge is 2.17. The van der Waals surface area contributed by atoms with E-state index in [-0.39, 0.29) is 5.41 Å². The Hall–Kier alpha value is -1.35. The Balaban J connectivity index is 2.01. The molecular formula is C15H20N2S. The molecule has 1 aromatic carbocycles. The number of rotatable bonds is 3. The minimum Gasteiger partial charge on any atom is -0.379 e. The number of hydrogen-bond donors (Lipinski definition) is 1. The average Bonchev–Trinajstić information content (AvgIpc) is 2.74. The highest BCUT2D eigenvalue weighted by atomic mass is 32.1. The van der Waals surface area contributed by atoms with Gasteiger partial charge in [-0.1, -0.05) is 32.9 Å². The fourth-order valence-corrected chi connectivity index (χ4v) is 2.59. The summed E-state index contributed by atoms with van der Waals surface area (Å²) in [7, 11) is 0. The van der Waals surface area contributed by atoms with E-state index in [1.807, 2.05) is 0 Å². The zero-order valence-electron chi connectivity index (χ0n) is 11.4. The molecule has 1 heterocycles. The molecule has 0 amide bonds. The van der Waals surface area contributed by atoms with E-state index in [4.69, 9.17) is 0 Å². The molecular weight excluding hydrogens is 240 g/mol. The van der Waals surface area contributed by atoms with Crippen LogP contribution in [0.1, 0.15) is 37.0 Å². The molecule has 0 bridgehead atoms. The van der Waals surface area contributed by atoms with Crippen molar-refractivity contribution in [3.8, 4) is 0 Å². The van der Waals surface area contributed by atoms with Gasteiger partial charge in [0.05, 0.1) is 17.2 Å². The summed E-state index contributed by atoms with van der Waals surface area (Å²) in [6, 6.07) is 8.41. The minimum atomic E-state index is 0.145. The largest absolute Gasteiger partial charge is 0.379 e. The van der Waals surface area contributed by atoms with E-state index in [1.54, 1.807) is 11.3 Å². The number of aromatic nitrogens is 1. The van der Waals surface area contributed by atoms with Gasteiger partial charge in [0.2, 0.25) is 0 Å². The molecule has 0 radical (unpaired) electrons. The van der Waals surface area contributed by atoms with Crippen molar-refractivity contribution in [3.05, 3.63) is 45.9 Å². The van der Waals surface area contributed by atoms with Gasteiger partial charge in [0, 0.05) is 16.5 Å². The lowest BCUT2D eigenvalue weighted by Crippen LogP contribution is -2.11. The maximum absolute atomic E-state index is 4.68. The lowest BCUT2D eigenvalue weighted by Gasteiger charge is -2.13. The van der Waals surface area contributed by atoms with Crippen molar-refractivity contribution in [2.24, 2.45) is 0 Å². The molecule has 3 heteroatoms. The number of aryl methyl sites for hydroxylation is 1. The van der Waals surface area contributed by atoms with Crippen LogP contribution in [0.25, 0.3) is 0 Å². The van der Waals surface area contributed by atoms with Crippen LogP contribution in [-0.2, 0) is 12.0 Å². The van der Waals surface area contributed by atoms with Crippen molar-refractivity contribution in [2.45, 2.75) is 39.7 Å². The van der Waals surface area contributed by atoms with Crippen LogP contribution in [0.3, 0.4) is 0 Å². The third kappa shape index (κ3) is 3.33. The molecule has 0 atom stereocenters. The van der Waals surface area contributed by atoms with Crippen LogP contribution in [0.4, 0.5) is 5.69 Å². The van der Waals surface area contributed by atoms with Gasteiger partial charge in [0.25, 0.3) is 0 Å². The molecule has 2 aromatic rings. The zero-order valence-corrected chi connectivity index (χ0v) is 12.3. The molecule has 2 rings (SSSR count). The zero-order chi connectivity index (χ0) is 13.2. The number of thiazole rings is 1. The van der Waals surface area contributed by atoms with E-state index in [2.05, 4.69) is 67.6 Å². The molecule has 0 spiro atoms. The summed E-state index contributed by atoms with van der Waals surface area (Å²) in [5, 5.41) is 6.75. The molecule has 0 aliphatic rings. The van der Waals surface area contributed by atoms with Crippen LogP contribution in [-0.4, -0.2) is 4.98 Å². The fraction of sp³-hybridized carbons (Fsp3) is 0.400. The highest BCUT2D eigenvalue weighted by Crippen LogP contribution is 2.25. The first-order chi connectivity index (χ1) is 8.45. The third-order valence-corrected chi connectivity index (χ3v) is 4.00. The Morgan fingerprint density at radius 3 is 2.67 bits per heavy atom. The van der Waals surface area contributed by atoms with Gasteiger partial charge in [0.1, 0.15) is 0 Å². The first kappa shape index (κ1) is 13.1. The molecule has 0 aliphatic heterocycles. The first-order valence-electron chi connectivity index (χ1n) is 6.20. The summed E-state index contributed by atoms with van der Waals surface area (Å²) in [6.07, 6.45) is 0. The van der Waals surface area contributed by atoms with Crippen molar-refractivity contribution in [1.29, 1.82) is 0 Å². The molecule has 96 valence electrons. The van der Waals surface area contributed by atoms with Gasteiger partial charge in [-0.05, 0) is 24.6 Å². The van der Waals surface area contributed by atoms with Crippen LogP contribution in [0.15, 0.2) is 29.6 Å². The Bertz CT molecular complexity index is 523. The van der Waals surface area contributed by atoms with E-state index in [9.17, 15) is 0 Å². The monoisotopic (exact) mass is 260 g/mol. The van der Waals surface area contributed by atoms with Crippen molar-refractivity contribution in [1.82, 2.24) is 4.98 Å². The predicted octanol–water partition coefficient (Wildman–Crippen LogP) is 4.36. The topological polar surface area (TPSA) is 24.9 Å². The second kappa shape index (κ2) is 5.11. The molecule has 18 heavy (non-hydrogen) atoms. The number of hydrogen-bond acceptors (Lipinski definition) is 3. The summed E-state index contributed by atoms with van der Waals surface area (Å²) in [5.74, 6) is 0. The molecule has 0 saturated carbocycles. The maximum atomic E-state index is 4.68. The van der Waals surface area contributed by atoms with Crippen LogP contribution >= 0.6 is 11.3 Å². The summed E-state index contributed by atoms with van der Waals surface area (Å²) in [4.78, 5) is 4.68. The van der Waals surface area contributed by atoms with Gasteiger partial charge in [0.15, 0.2) is 0 Å². The van der Waals surface area contributed by atoms with Crippen molar-refractivity contribution >= 4 is 17.0 Å². The summed E-state index contributed by atoms with van der Waals surface area (Å²) in [6.45, 7) is 9.48. The molecule has 1 N–H and O–H groups in total. The number of benzene rings is 1. The van der Waals surface area contributed by atoms with E-state index in [1.165, 1.54) is 10.6 Å². The van der Waals surface area contributed by atoms with Crippen molar-refractivity contribution < 1.29 is 0 Å². The smallest absolute Gasteiger partial charge is 0.0982 e. The van der Waals surface area contributed by atoms with E-state index < -0.39 is 0 Å². The third-order valence-electron chi connectivity index (χ3n) is 2.69. The maximum Gasteiger partial charge on any atom is 0.0982 e. The van der Waals surface area contributed by atoms with Gasteiger partial charge >= 0.3 is 0 Å². The Morgan fingerprint density at radius 1 is 1.28 bits per heavy atom.